The quantitative estimate of drug-likeness (QED) is 0.438. The lowest BCUT2D eigenvalue weighted by Gasteiger charge is -2.22. The third-order valence-corrected chi connectivity index (χ3v) is 5.80. The molecule has 1 atom stereocenters. The van der Waals surface area contributed by atoms with E-state index in [1.165, 1.54) is 17.6 Å². The number of nitrogens with one attached hydrogen (secondary N) is 2. The minimum atomic E-state index is 0.520. The van der Waals surface area contributed by atoms with E-state index in [1.54, 1.807) is 0 Å². The van der Waals surface area contributed by atoms with Gasteiger partial charge in [-0.15, -0.1) is 0 Å². The van der Waals surface area contributed by atoms with Gasteiger partial charge in [0.2, 0.25) is 0 Å². The lowest BCUT2D eigenvalue weighted by molar-refractivity contribution is 0.269. The zero-order valence-electron chi connectivity index (χ0n) is 19.8. The van der Waals surface area contributed by atoms with Gasteiger partial charge in [-0.1, -0.05) is 49.8 Å². The smallest absolute Gasteiger partial charge is 0.138 e. The van der Waals surface area contributed by atoms with Crippen LogP contribution < -0.4 is 5.32 Å². The predicted molar refractivity (Wildman–Crippen MR) is 132 cm³/mol. The van der Waals surface area contributed by atoms with E-state index in [1.807, 2.05) is 14.0 Å². The molecule has 0 aliphatic heterocycles. The highest BCUT2D eigenvalue weighted by atomic mass is 15.1. The number of aryl methyl sites for hydroxylation is 1. The Kier molecular flexibility index (Phi) is 9.54. The maximum atomic E-state index is 4.85. The van der Waals surface area contributed by atoms with Crippen molar-refractivity contribution in [3.05, 3.63) is 53.4 Å². The van der Waals surface area contributed by atoms with E-state index in [9.17, 15) is 0 Å². The Labute approximate surface area is 183 Å². The number of aromatic nitrogens is 2. The second-order valence-electron chi connectivity index (χ2n) is 8.47. The highest BCUT2D eigenvalue weighted by Crippen LogP contribution is 2.26. The van der Waals surface area contributed by atoms with Crippen LogP contribution >= 0.6 is 0 Å². The first-order valence-corrected chi connectivity index (χ1v) is 11.2. The third kappa shape index (κ3) is 6.96. The lowest BCUT2D eigenvalue weighted by atomic mass is 9.97. The summed E-state index contributed by atoms with van der Waals surface area (Å²) in [5.41, 5.74) is 6.73. The molecular weight excluding hydrogens is 368 g/mol. The summed E-state index contributed by atoms with van der Waals surface area (Å²) in [5, 5.41) is 3.24. The summed E-state index contributed by atoms with van der Waals surface area (Å²) in [6.45, 7) is 19.6. The number of benzene rings is 1. The zero-order chi connectivity index (χ0) is 22.1. The van der Waals surface area contributed by atoms with Crippen molar-refractivity contribution >= 4 is 11.6 Å². The summed E-state index contributed by atoms with van der Waals surface area (Å²) in [7, 11) is 2.02. The second-order valence-corrected chi connectivity index (χ2v) is 8.47. The van der Waals surface area contributed by atoms with Crippen LogP contribution in [0.15, 0.2) is 36.4 Å². The van der Waals surface area contributed by atoms with Crippen molar-refractivity contribution in [2.45, 2.75) is 47.5 Å². The minimum absolute atomic E-state index is 0.520. The highest BCUT2D eigenvalue weighted by molar-refractivity contribution is 5.72. The second kappa shape index (κ2) is 11.9. The topological polar surface area (TPSA) is 44.0 Å². The van der Waals surface area contributed by atoms with Gasteiger partial charge in [-0.05, 0) is 90.5 Å². The number of aromatic amines is 1. The maximum absolute atomic E-state index is 4.85. The Morgan fingerprint density at radius 1 is 1.30 bits per heavy atom. The normalized spacial score (nSPS) is 13.1. The van der Waals surface area contributed by atoms with Gasteiger partial charge in [0.05, 0.1) is 11.4 Å². The van der Waals surface area contributed by atoms with E-state index in [4.69, 9.17) is 4.98 Å². The molecular formula is C26H40N4. The molecule has 164 valence electrons. The summed E-state index contributed by atoms with van der Waals surface area (Å²) in [4.78, 5) is 10.9. The summed E-state index contributed by atoms with van der Waals surface area (Å²) in [6.07, 6.45) is 4.63. The molecule has 0 amide bonds. The predicted octanol–water partition coefficient (Wildman–Crippen LogP) is 5.78. The lowest BCUT2D eigenvalue weighted by Crippen LogP contribution is -2.28. The van der Waals surface area contributed by atoms with Gasteiger partial charge in [0.25, 0.3) is 0 Å². The molecule has 0 bridgehead atoms. The molecule has 0 aliphatic rings. The first-order chi connectivity index (χ1) is 14.3. The number of hydrogen-bond acceptors (Lipinski definition) is 3. The molecule has 0 radical (unpaired) electrons. The maximum Gasteiger partial charge on any atom is 0.138 e. The van der Waals surface area contributed by atoms with Crippen LogP contribution in [0.3, 0.4) is 0 Å². The van der Waals surface area contributed by atoms with Gasteiger partial charge < -0.3 is 15.2 Å². The molecule has 1 heterocycles. The van der Waals surface area contributed by atoms with Gasteiger partial charge in [0, 0.05) is 5.56 Å². The molecule has 1 unspecified atom stereocenters. The molecule has 0 aliphatic carbocycles. The molecule has 1 aromatic carbocycles. The van der Waals surface area contributed by atoms with E-state index in [0.717, 1.165) is 60.9 Å². The van der Waals surface area contributed by atoms with E-state index in [2.05, 4.69) is 79.8 Å². The van der Waals surface area contributed by atoms with Gasteiger partial charge in [-0.3, -0.25) is 0 Å². The van der Waals surface area contributed by atoms with E-state index in [-0.39, 0.29) is 0 Å². The van der Waals surface area contributed by atoms with Crippen LogP contribution in [0.4, 0.5) is 0 Å². The Hall–Kier alpha value is -2.17. The number of rotatable bonds is 12. The van der Waals surface area contributed by atoms with Crippen LogP contribution in [0.1, 0.15) is 57.5 Å². The number of hydrogen-bond donors (Lipinski definition) is 2. The van der Waals surface area contributed by atoms with Crippen LogP contribution in [0.5, 0.6) is 0 Å². The number of nitrogens with zero attached hydrogens (tertiary/aromatic N) is 2. The Balaban J connectivity index is 2.12. The van der Waals surface area contributed by atoms with Crippen LogP contribution in [0.25, 0.3) is 23.0 Å². The average molecular weight is 409 g/mol. The van der Waals surface area contributed by atoms with Gasteiger partial charge in [0.15, 0.2) is 0 Å². The van der Waals surface area contributed by atoms with E-state index >= 15 is 0 Å². The molecule has 2 rings (SSSR count). The summed E-state index contributed by atoms with van der Waals surface area (Å²) in [5.74, 6) is 1.43. The molecule has 1 aromatic heterocycles. The van der Waals surface area contributed by atoms with Crippen molar-refractivity contribution in [2.75, 3.05) is 33.2 Å². The molecule has 0 saturated carbocycles. The van der Waals surface area contributed by atoms with E-state index in [0.29, 0.717) is 5.92 Å². The molecule has 2 N–H and O–H groups in total. The average Bonchev–Trinajstić information content (AvgIpc) is 3.14. The summed E-state index contributed by atoms with van der Waals surface area (Å²) < 4.78 is 0. The third-order valence-electron chi connectivity index (χ3n) is 5.80. The summed E-state index contributed by atoms with van der Waals surface area (Å²) >= 11 is 0. The molecule has 30 heavy (non-hydrogen) atoms. The van der Waals surface area contributed by atoms with Crippen molar-refractivity contribution in [3.8, 4) is 11.4 Å². The first-order valence-electron chi connectivity index (χ1n) is 11.2. The zero-order valence-corrected chi connectivity index (χ0v) is 19.8. The molecule has 2 aromatic rings. The molecule has 4 heteroatoms. The minimum Gasteiger partial charge on any atom is -0.338 e. The van der Waals surface area contributed by atoms with Gasteiger partial charge in [-0.2, -0.15) is 0 Å². The Bertz CT molecular complexity index is 846. The fourth-order valence-corrected chi connectivity index (χ4v) is 3.63. The van der Waals surface area contributed by atoms with Crippen molar-refractivity contribution in [1.82, 2.24) is 20.2 Å². The van der Waals surface area contributed by atoms with Gasteiger partial charge >= 0.3 is 0 Å². The van der Waals surface area contributed by atoms with E-state index < -0.39 is 0 Å². The molecule has 0 fully saturated rings. The monoisotopic (exact) mass is 408 g/mol. The van der Waals surface area contributed by atoms with Crippen molar-refractivity contribution in [1.29, 1.82) is 0 Å². The Morgan fingerprint density at radius 3 is 2.70 bits per heavy atom. The van der Waals surface area contributed by atoms with Crippen LogP contribution in [0.2, 0.25) is 0 Å². The number of H-pyrrole nitrogens is 1. The van der Waals surface area contributed by atoms with Crippen LogP contribution in [-0.2, 0) is 0 Å². The fourth-order valence-electron chi connectivity index (χ4n) is 3.63. The van der Waals surface area contributed by atoms with Crippen molar-refractivity contribution < 1.29 is 0 Å². The highest BCUT2D eigenvalue weighted by Gasteiger charge is 2.13. The van der Waals surface area contributed by atoms with Crippen LogP contribution in [0, 0.1) is 12.8 Å². The van der Waals surface area contributed by atoms with Crippen molar-refractivity contribution in [3.63, 3.8) is 0 Å². The standard InChI is InChI=1S/C26H40N4/c1-8-30(15-10-14-27-7)16-13-21(5)22(6)18-24-25(19(2)3)29-26(28-24)23-12-9-11-20(4)17-23/h9,11-12,17-18,21,27H,2,8,10,13-16H2,1,3-7H3,(H,28,29)/b22-18+. The van der Waals surface area contributed by atoms with Gasteiger partial charge in [-0.25, -0.2) is 4.98 Å². The fraction of sp³-hybridized carbons (Fsp3) is 0.500. The Morgan fingerprint density at radius 2 is 2.07 bits per heavy atom. The number of imidazole rings is 1. The molecule has 4 nitrogen and oxygen atoms in total. The molecule has 0 saturated heterocycles. The first kappa shape index (κ1) is 24.1. The van der Waals surface area contributed by atoms with Crippen molar-refractivity contribution in [2.24, 2.45) is 5.92 Å². The van der Waals surface area contributed by atoms with Crippen LogP contribution in [-0.4, -0.2) is 48.1 Å². The SMILES string of the molecule is C=C(C)c1nc(-c2cccc(C)c2)[nH]c1/C=C(\C)C(C)CCN(CC)CCCNC. The van der Waals surface area contributed by atoms with Gasteiger partial charge in [0.1, 0.15) is 5.82 Å². The summed E-state index contributed by atoms with van der Waals surface area (Å²) in [6, 6.07) is 8.45. The molecule has 0 spiro atoms. The number of allylic oxidation sites excluding steroid dienone is 2. The largest absolute Gasteiger partial charge is 0.338 e.